The zero-order valence-corrected chi connectivity index (χ0v) is 6.14. The van der Waals surface area contributed by atoms with Gasteiger partial charge in [0.1, 0.15) is 5.71 Å². The normalized spacial score (nSPS) is 7.00. The van der Waals surface area contributed by atoms with Crippen LogP contribution in [0.1, 0.15) is 0 Å². The van der Waals surface area contributed by atoms with Crippen LogP contribution < -0.4 is 5.32 Å². The third-order valence-corrected chi connectivity index (χ3v) is 0.435. The van der Waals surface area contributed by atoms with Gasteiger partial charge in [0, 0.05) is 0 Å². The van der Waals surface area contributed by atoms with Crippen molar-refractivity contribution in [2.45, 2.75) is 0 Å². The van der Waals surface area contributed by atoms with Gasteiger partial charge in [-0.1, -0.05) is 6.58 Å². The number of hydrogen-bond donors (Lipinski definition) is 3. The van der Waals surface area contributed by atoms with Gasteiger partial charge in [-0.2, -0.15) is 0 Å². The molecule has 0 fully saturated rings. The highest BCUT2D eigenvalue weighted by Gasteiger charge is 1.96. The number of carboxylic acids is 1. The zero-order valence-electron chi connectivity index (χ0n) is 6.14. The molecule has 0 aliphatic carbocycles. The molecule has 0 aromatic carbocycles. The summed E-state index contributed by atoms with van der Waals surface area (Å²) in [5.74, 6) is -1.24. The molecule has 58 valence electrons. The number of aliphatic carboxylic acids is 1. The molecule has 0 spiro atoms. The van der Waals surface area contributed by atoms with Crippen LogP contribution in [-0.2, 0) is 4.79 Å². The Labute approximate surface area is 60.1 Å². The number of carboxylic acid groups (broad SMARTS) is 1. The number of nitrogens with one attached hydrogen (secondary N) is 2. The van der Waals surface area contributed by atoms with Gasteiger partial charge in [0.25, 0.3) is 0 Å². The minimum absolute atomic E-state index is 0.472. The van der Waals surface area contributed by atoms with E-state index in [9.17, 15) is 4.79 Å². The monoisotopic (exact) mass is 144 g/mol. The second-order valence-corrected chi connectivity index (χ2v) is 1.42. The molecule has 0 unspecified atom stereocenters. The maximum atomic E-state index is 9.63. The Balaban J connectivity index is 0. The SMILES string of the molecule is C=CC(=N)C(=O)O.CNC. The molecule has 0 aromatic rings. The van der Waals surface area contributed by atoms with E-state index in [0.29, 0.717) is 0 Å². The van der Waals surface area contributed by atoms with Crippen LogP contribution >= 0.6 is 0 Å². The molecule has 0 saturated carbocycles. The molecule has 10 heavy (non-hydrogen) atoms. The quantitative estimate of drug-likeness (QED) is 0.482. The lowest BCUT2D eigenvalue weighted by atomic mass is 10.4. The molecular weight excluding hydrogens is 132 g/mol. The minimum atomic E-state index is -1.24. The topological polar surface area (TPSA) is 73.2 Å². The Morgan fingerprint density at radius 2 is 2.00 bits per heavy atom. The van der Waals surface area contributed by atoms with Crippen molar-refractivity contribution >= 4 is 11.7 Å². The molecule has 0 bridgehead atoms. The van der Waals surface area contributed by atoms with Crippen LogP contribution in [-0.4, -0.2) is 30.9 Å². The van der Waals surface area contributed by atoms with Crippen LogP contribution in [0.3, 0.4) is 0 Å². The molecule has 0 aliphatic heterocycles. The summed E-state index contributed by atoms with van der Waals surface area (Å²) in [5, 5.41) is 17.1. The Morgan fingerprint density at radius 3 is 2.00 bits per heavy atom. The molecule has 3 N–H and O–H groups in total. The molecule has 0 radical (unpaired) electrons. The fourth-order valence-electron chi connectivity index (χ4n) is 0.0873. The number of hydrogen-bond acceptors (Lipinski definition) is 3. The lowest BCUT2D eigenvalue weighted by Gasteiger charge is -1.80. The second-order valence-electron chi connectivity index (χ2n) is 1.42. The van der Waals surface area contributed by atoms with Crippen LogP contribution in [0.5, 0.6) is 0 Å². The molecule has 0 rings (SSSR count). The molecule has 0 aromatic heterocycles. The summed E-state index contributed by atoms with van der Waals surface area (Å²) in [6.07, 6.45) is 0.975. The van der Waals surface area contributed by atoms with E-state index >= 15 is 0 Å². The van der Waals surface area contributed by atoms with Crippen LogP contribution in [0.15, 0.2) is 12.7 Å². The van der Waals surface area contributed by atoms with Crippen molar-refractivity contribution in [3.05, 3.63) is 12.7 Å². The summed E-state index contributed by atoms with van der Waals surface area (Å²) in [5.41, 5.74) is -0.472. The Kier molecular flexibility index (Phi) is 9.11. The summed E-state index contributed by atoms with van der Waals surface area (Å²) < 4.78 is 0. The van der Waals surface area contributed by atoms with Crippen molar-refractivity contribution < 1.29 is 9.90 Å². The van der Waals surface area contributed by atoms with E-state index < -0.39 is 11.7 Å². The van der Waals surface area contributed by atoms with Crippen LogP contribution in [0.25, 0.3) is 0 Å². The van der Waals surface area contributed by atoms with Crippen molar-refractivity contribution in [1.82, 2.24) is 5.32 Å². The van der Waals surface area contributed by atoms with Gasteiger partial charge in [0.05, 0.1) is 0 Å². The largest absolute Gasteiger partial charge is 0.477 e. The Morgan fingerprint density at radius 1 is 1.70 bits per heavy atom. The molecule has 4 nitrogen and oxygen atoms in total. The van der Waals surface area contributed by atoms with Gasteiger partial charge in [-0.05, 0) is 20.2 Å². The predicted octanol–water partition coefficient (Wildman–Crippen LogP) is 0.112. The lowest BCUT2D eigenvalue weighted by molar-refractivity contribution is -0.129. The highest BCUT2D eigenvalue weighted by Crippen LogP contribution is 1.70. The first kappa shape index (κ1) is 11.6. The predicted molar refractivity (Wildman–Crippen MR) is 40.5 cm³/mol. The summed E-state index contributed by atoms with van der Waals surface area (Å²) in [6.45, 7) is 3.08. The Bertz CT molecular complexity index is 132. The maximum Gasteiger partial charge on any atom is 0.353 e. The van der Waals surface area contributed by atoms with Gasteiger partial charge in [0.15, 0.2) is 0 Å². The fourth-order valence-corrected chi connectivity index (χ4v) is 0.0873. The first-order valence-electron chi connectivity index (χ1n) is 2.62. The van der Waals surface area contributed by atoms with Crippen molar-refractivity contribution in [3.63, 3.8) is 0 Å². The summed E-state index contributed by atoms with van der Waals surface area (Å²) >= 11 is 0. The molecule has 0 amide bonds. The maximum absolute atomic E-state index is 9.63. The number of rotatable bonds is 2. The first-order chi connectivity index (χ1) is 4.59. The van der Waals surface area contributed by atoms with Gasteiger partial charge in [-0.3, -0.25) is 5.41 Å². The van der Waals surface area contributed by atoms with E-state index in [2.05, 4.69) is 11.9 Å². The van der Waals surface area contributed by atoms with Gasteiger partial charge in [0.2, 0.25) is 0 Å². The average Bonchev–Trinajstić information content (AvgIpc) is 1.88. The summed E-state index contributed by atoms with van der Waals surface area (Å²) in [4.78, 5) is 9.63. The van der Waals surface area contributed by atoms with Gasteiger partial charge < -0.3 is 10.4 Å². The van der Waals surface area contributed by atoms with Crippen molar-refractivity contribution in [3.8, 4) is 0 Å². The molecule has 0 saturated heterocycles. The van der Waals surface area contributed by atoms with E-state index in [4.69, 9.17) is 10.5 Å². The molecule has 0 heterocycles. The first-order valence-corrected chi connectivity index (χ1v) is 2.62. The van der Waals surface area contributed by atoms with E-state index in [1.54, 1.807) is 0 Å². The third kappa shape index (κ3) is 9.96. The molecule has 0 aliphatic rings. The average molecular weight is 144 g/mol. The molecular formula is C6H12N2O2. The van der Waals surface area contributed by atoms with E-state index in [1.165, 1.54) is 0 Å². The summed E-state index contributed by atoms with van der Waals surface area (Å²) in [7, 11) is 3.75. The van der Waals surface area contributed by atoms with Crippen molar-refractivity contribution in [2.75, 3.05) is 14.1 Å². The van der Waals surface area contributed by atoms with Crippen LogP contribution in [0.2, 0.25) is 0 Å². The van der Waals surface area contributed by atoms with Crippen molar-refractivity contribution in [1.29, 1.82) is 5.41 Å². The lowest BCUT2D eigenvalue weighted by Crippen LogP contribution is -2.06. The minimum Gasteiger partial charge on any atom is -0.477 e. The van der Waals surface area contributed by atoms with Gasteiger partial charge in [-0.25, -0.2) is 4.79 Å². The smallest absolute Gasteiger partial charge is 0.353 e. The summed E-state index contributed by atoms with van der Waals surface area (Å²) in [6, 6.07) is 0. The van der Waals surface area contributed by atoms with E-state index in [-0.39, 0.29) is 0 Å². The highest BCUT2D eigenvalue weighted by molar-refractivity contribution is 6.38. The fraction of sp³-hybridized carbons (Fsp3) is 0.333. The van der Waals surface area contributed by atoms with Crippen molar-refractivity contribution in [2.24, 2.45) is 0 Å². The van der Waals surface area contributed by atoms with Gasteiger partial charge in [-0.15, -0.1) is 0 Å². The second kappa shape index (κ2) is 7.84. The molecule has 0 atom stereocenters. The third-order valence-electron chi connectivity index (χ3n) is 0.435. The zero-order chi connectivity index (χ0) is 8.57. The van der Waals surface area contributed by atoms with E-state index in [1.807, 2.05) is 14.1 Å². The standard InChI is InChI=1S/C4H5NO2.C2H7N/c1-2-3(5)4(6)7;1-3-2/h2,5H,1H2,(H,6,7);3H,1-2H3. The van der Waals surface area contributed by atoms with Crippen LogP contribution in [0.4, 0.5) is 0 Å². The van der Waals surface area contributed by atoms with E-state index in [0.717, 1.165) is 6.08 Å². The highest BCUT2D eigenvalue weighted by atomic mass is 16.4. The van der Waals surface area contributed by atoms with Crippen LogP contribution in [0, 0.1) is 5.41 Å². The molecule has 4 heteroatoms. The van der Waals surface area contributed by atoms with Gasteiger partial charge >= 0.3 is 5.97 Å². The number of carbonyl (C=O) groups is 1. The Hall–Kier alpha value is -1.16.